The highest BCUT2D eigenvalue weighted by Gasteiger charge is 2.39. The van der Waals surface area contributed by atoms with Crippen LogP contribution in [0, 0.1) is 0 Å². The summed E-state index contributed by atoms with van der Waals surface area (Å²) in [6.07, 6.45) is 1.02. The fourth-order valence-electron chi connectivity index (χ4n) is 2.57. The number of carbonyl (C=O) groups excluding carboxylic acids is 2. The van der Waals surface area contributed by atoms with Gasteiger partial charge >= 0.3 is 12.1 Å². The summed E-state index contributed by atoms with van der Waals surface area (Å²) in [7, 11) is 1.58. The number of likely N-dealkylation sites (tertiary alicyclic amines) is 1. The molecule has 0 radical (unpaired) electrons. The molecule has 0 bridgehead atoms. The normalized spacial score (nSPS) is 20.6. The van der Waals surface area contributed by atoms with Crippen LogP contribution in [0.4, 0.5) is 4.79 Å². The molecule has 1 aliphatic rings. The minimum atomic E-state index is -0.566. The average molecular weight is 375 g/mol. The van der Waals surface area contributed by atoms with Crippen molar-refractivity contribution in [1.82, 2.24) is 19.9 Å². The Morgan fingerprint density at radius 3 is 2.68 bits per heavy atom. The first-order chi connectivity index (χ1) is 11.7. The summed E-state index contributed by atoms with van der Waals surface area (Å²) < 4.78 is 16.9. The summed E-state index contributed by atoms with van der Waals surface area (Å²) in [6.45, 7) is 6.17. The third-order valence-corrected chi connectivity index (χ3v) is 3.77. The molecular weight excluding hydrogens is 352 g/mol. The van der Waals surface area contributed by atoms with Gasteiger partial charge in [0.15, 0.2) is 6.07 Å². The Balaban J connectivity index is 2.04. The zero-order valence-electron chi connectivity index (χ0n) is 14.8. The van der Waals surface area contributed by atoms with Crippen LogP contribution < -0.4 is 0 Å². The van der Waals surface area contributed by atoms with E-state index < -0.39 is 17.7 Å². The molecule has 25 heavy (non-hydrogen) atoms. The Morgan fingerprint density at radius 2 is 2.08 bits per heavy atom. The number of carbonyl (C=O) groups is 2. The van der Waals surface area contributed by atoms with Crippen LogP contribution in [0.1, 0.15) is 32.4 Å². The van der Waals surface area contributed by atoms with Crippen molar-refractivity contribution in [3.63, 3.8) is 0 Å². The summed E-state index contributed by atoms with van der Waals surface area (Å²) in [4.78, 5) is 25.3. The quantitative estimate of drug-likeness (QED) is 0.567. The zero-order chi connectivity index (χ0) is 18.6. The highest BCUT2D eigenvalue weighted by molar-refractivity contribution is 6.17. The van der Waals surface area contributed by atoms with E-state index in [1.165, 1.54) is 4.68 Å². The van der Waals surface area contributed by atoms with E-state index in [1.54, 1.807) is 18.2 Å². The molecule has 1 fully saturated rings. The first kappa shape index (κ1) is 19.5. The lowest BCUT2D eigenvalue weighted by Crippen LogP contribution is -2.36. The number of hydrogen-bond acceptors (Lipinski definition) is 7. The maximum Gasteiger partial charge on any atom is 0.410 e. The number of amides is 1. The molecule has 0 aliphatic carbocycles. The van der Waals surface area contributed by atoms with E-state index in [1.807, 2.05) is 20.8 Å². The largest absolute Gasteiger partial charge is 0.448 e. The summed E-state index contributed by atoms with van der Waals surface area (Å²) in [5.74, 6) is -0.660. The van der Waals surface area contributed by atoms with Gasteiger partial charge in [0.25, 0.3) is 0 Å². The van der Waals surface area contributed by atoms with Crippen molar-refractivity contribution >= 4 is 23.7 Å². The minimum absolute atomic E-state index is 0.0835. The molecule has 9 nitrogen and oxygen atoms in total. The number of alkyl halides is 1. The van der Waals surface area contributed by atoms with Gasteiger partial charge in [0.2, 0.25) is 0 Å². The lowest BCUT2D eigenvalue weighted by Gasteiger charge is -2.24. The summed E-state index contributed by atoms with van der Waals surface area (Å²) in [5, 5.41) is 8.00. The zero-order valence-corrected chi connectivity index (χ0v) is 15.5. The van der Waals surface area contributed by atoms with Crippen LogP contribution in [0.15, 0.2) is 6.20 Å². The van der Waals surface area contributed by atoms with Crippen molar-refractivity contribution in [3.8, 4) is 0 Å². The molecule has 0 N–H and O–H groups in total. The molecule has 1 aromatic rings. The Morgan fingerprint density at radius 1 is 1.36 bits per heavy atom. The van der Waals surface area contributed by atoms with Crippen LogP contribution in [-0.4, -0.2) is 69.9 Å². The molecule has 0 aromatic carbocycles. The van der Waals surface area contributed by atoms with E-state index in [4.69, 9.17) is 21.1 Å². The van der Waals surface area contributed by atoms with Gasteiger partial charge in [0, 0.05) is 19.9 Å². The molecule has 2 unspecified atom stereocenters. The molecular formula is C15H23ClN4O5. The van der Waals surface area contributed by atoms with Gasteiger partial charge < -0.3 is 19.1 Å². The topological polar surface area (TPSA) is 95.8 Å². The monoisotopic (exact) mass is 374 g/mol. The Hall–Kier alpha value is -1.87. The highest BCUT2D eigenvalue weighted by Crippen LogP contribution is 2.29. The molecule has 1 aromatic heterocycles. The van der Waals surface area contributed by atoms with Crippen molar-refractivity contribution in [2.75, 3.05) is 26.3 Å². The molecule has 1 amide bonds. The van der Waals surface area contributed by atoms with Gasteiger partial charge in [-0.1, -0.05) is 16.8 Å². The van der Waals surface area contributed by atoms with Gasteiger partial charge in [0.05, 0.1) is 24.3 Å². The van der Waals surface area contributed by atoms with Crippen molar-refractivity contribution in [3.05, 3.63) is 11.9 Å². The maximum absolute atomic E-state index is 12.3. The number of nitrogens with zero attached hydrogens (tertiary/aromatic N) is 4. The fraction of sp³-hybridized carbons (Fsp3) is 0.733. The Kier molecular flexibility index (Phi) is 6.23. The SMILES string of the molecule is COC1CN(C(=O)OC(C)(C)C)CC1c1cn(CC(=O)OCCl)nn1. The van der Waals surface area contributed by atoms with Crippen LogP contribution in [-0.2, 0) is 25.5 Å². The van der Waals surface area contributed by atoms with Crippen LogP contribution >= 0.6 is 11.6 Å². The molecule has 10 heteroatoms. The molecule has 0 saturated carbocycles. The number of ether oxygens (including phenoxy) is 3. The highest BCUT2D eigenvalue weighted by atomic mass is 35.5. The second-order valence-electron chi connectivity index (χ2n) is 6.73. The first-order valence-electron chi connectivity index (χ1n) is 7.86. The Labute approximate surface area is 151 Å². The van der Waals surface area contributed by atoms with Crippen LogP contribution in [0.5, 0.6) is 0 Å². The smallest absolute Gasteiger partial charge is 0.410 e. The lowest BCUT2D eigenvalue weighted by molar-refractivity contribution is -0.142. The lowest BCUT2D eigenvalue weighted by atomic mass is 10.0. The summed E-state index contributed by atoms with van der Waals surface area (Å²) in [5.41, 5.74) is 0.0699. The molecule has 2 heterocycles. The van der Waals surface area contributed by atoms with Crippen molar-refractivity contribution in [1.29, 1.82) is 0 Å². The molecule has 0 spiro atoms. The van der Waals surface area contributed by atoms with E-state index in [-0.39, 0.29) is 24.6 Å². The number of halogens is 1. The van der Waals surface area contributed by atoms with Gasteiger partial charge in [0.1, 0.15) is 12.1 Å². The van der Waals surface area contributed by atoms with Crippen LogP contribution in [0.25, 0.3) is 0 Å². The number of esters is 1. The van der Waals surface area contributed by atoms with Crippen molar-refractivity contribution in [2.24, 2.45) is 0 Å². The molecule has 2 rings (SSSR count). The number of rotatable bonds is 5. The van der Waals surface area contributed by atoms with Gasteiger partial charge in [-0.2, -0.15) is 0 Å². The van der Waals surface area contributed by atoms with E-state index >= 15 is 0 Å². The van der Waals surface area contributed by atoms with E-state index in [0.717, 1.165) is 0 Å². The van der Waals surface area contributed by atoms with Crippen LogP contribution in [0.2, 0.25) is 0 Å². The fourth-order valence-corrected chi connectivity index (χ4v) is 2.69. The van der Waals surface area contributed by atoms with Gasteiger partial charge in [-0.3, -0.25) is 4.79 Å². The third kappa shape index (κ3) is 5.30. The average Bonchev–Trinajstić information content (AvgIpc) is 3.11. The van der Waals surface area contributed by atoms with Gasteiger partial charge in [-0.15, -0.1) is 5.10 Å². The standard InChI is InChI=1S/C15H23ClN4O5/c1-15(2,3)25-14(22)19-5-10(12(7-19)23-4)11-6-20(18-17-11)8-13(21)24-9-16/h6,10,12H,5,7-9H2,1-4H3. The molecule has 140 valence electrons. The molecule has 2 atom stereocenters. The molecule has 1 aliphatic heterocycles. The predicted octanol–water partition coefficient (Wildman–Crippen LogP) is 1.37. The van der Waals surface area contributed by atoms with Crippen molar-refractivity contribution in [2.45, 2.75) is 44.9 Å². The first-order valence-corrected chi connectivity index (χ1v) is 8.39. The second kappa shape index (κ2) is 8.01. The Bertz CT molecular complexity index is 615. The van der Waals surface area contributed by atoms with Gasteiger partial charge in [-0.05, 0) is 20.8 Å². The summed E-state index contributed by atoms with van der Waals surface area (Å²) in [6, 6.07) is -0.209. The van der Waals surface area contributed by atoms with Crippen molar-refractivity contribution < 1.29 is 23.8 Å². The maximum atomic E-state index is 12.3. The van der Waals surface area contributed by atoms with E-state index in [9.17, 15) is 9.59 Å². The minimum Gasteiger partial charge on any atom is -0.448 e. The van der Waals surface area contributed by atoms with Crippen LogP contribution in [0.3, 0.4) is 0 Å². The number of aromatic nitrogens is 3. The van der Waals surface area contributed by atoms with E-state index in [0.29, 0.717) is 18.8 Å². The number of hydrogen-bond donors (Lipinski definition) is 0. The van der Waals surface area contributed by atoms with E-state index in [2.05, 4.69) is 15.0 Å². The predicted molar refractivity (Wildman–Crippen MR) is 88.2 cm³/mol. The summed E-state index contributed by atoms with van der Waals surface area (Å²) >= 11 is 5.35. The number of methoxy groups -OCH3 is 1. The third-order valence-electron chi connectivity index (χ3n) is 3.66. The second-order valence-corrected chi connectivity index (χ2v) is 6.95. The molecule has 1 saturated heterocycles. The van der Waals surface area contributed by atoms with Gasteiger partial charge in [-0.25, -0.2) is 9.48 Å².